The molecule has 2 heterocycles. The maximum atomic E-state index is 4.24. The fourth-order valence-electron chi connectivity index (χ4n) is 2.37. The lowest BCUT2D eigenvalue weighted by atomic mass is 10.1. The van der Waals surface area contributed by atoms with Gasteiger partial charge in [0.1, 0.15) is 0 Å². The Hall–Kier alpha value is -1.13. The molecule has 2 aromatic rings. The van der Waals surface area contributed by atoms with Gasteiger partial charge in [-0.2, -0.15) is 5.10 Å². The molecule has 3 rings (SSSR count). The number of hydrogen-bond donors (Lipinski definition) is 1. The summed E-state index contributed by atoms with van der Waals surface area (Å²) in [4.78, 5) is 2.79. The smallest absolute Gasteiger partial charge is 0.0576 e. The van der Waals surface area contributed by atoms with Crippen LogP contribution < -0.4 is 5.32 Å². The van der Waals surface area contributed by atoms with Crippen LogP contribution in [0.15, 0.2) is 24.5 Å². The SMILES string of the molecule is CCNC(c1ccc(-c2cnn(C)c2)s1)C1CC1. The lowest BCUT2D eigenvalue weighted by Gasteiger charge is -2.14. The van der Waals surface area contributed by atoms with Crippen molar-refractivity contribution in [3.63, 3.8) is 0 Å². The van der Waals surface area contributed by atoms with Gasteiger partial charge in [-0.15, -0.1) is 11.3 Å². The lowest BCUT2D eigenvalue weighted by molar-refractivity contribution is 0.504. The van der Waals surface area contributed by atoms with Crippen LogP contribution in [0.5, 0.6) is 0 Å². The predicted octanol–water partition coefficient (Wildman–Crippen LogP) is 3.21. The molecule has 0 radical (unpaired) electrons. The van der Waals surface area contributed by atoms with Crippen LogP contribution in [-0.4, -0.2) is 16.3 Å². The summed E-state index contributed by atoms with van der Waals surface area (Å²) in [6, 6.07) is 5.06. The molecular weight excluding hydrogens is 242 g/mol. The Balaban J connectivity index is 1.83. The lowest BCUT2D eigenvalue weighted by Crippen LogP contribution is -2.21. The van der Waals surface area contributed by atoms with E-state index in [-0.39, 0.29) is 0 Å². The molecule has 0 spiro atoms. The van der Waals surface area contributed by atoms with E-state index in [1.54, 1.807) is 0 Å². The van der Waals surface area contributed by atoms with Crippen LogP contribution in [0.2, 0.25) is 0 Å². The summed E-state index contributed by atoms with van der Waals surface area (Å²) in [6.45, 7) is 3.23. The van der Waals surface area contributed by atoms with E-state index >= 15 is 0 Å². The fraction of sp³-hybridized carbons (Fsp3) is 0.500. The topological polar surface area (TPSA) is 29.9 Å². The van der Waals surface area contributed by atoms with Gasteiger partial charge in [0, 0.05) is 34.6 Å². The van der Waals surface area contributed by atoms with Crippen molar-refractivity contribution in [1.29, 1.82) is 0 Å². The number of aromatic nitrogens is 2. The summed E-state index contributed by atoms with van der Waals surface area (Å²) in [5.74, 6) is 0.852. The van der Waals surface area contributed by atoms with Gasteiger partial charge in [-0.25, -0.2) is 0 Å². The summed E-state index contributed by atoms with van der Waals surface area (Å²) in [5.41, 5.74) is 1.22. The number of nitrogens with one attached hydrogen (secondary N) is 1. The molecule has 1 N–H and O–H groups in total. The largest absolute Gasteiger partial charge is 0.309 e. The Morgan fingerprint density at radius 2 is 2.33 bits per heavy atom. The quantitative estimate of drug-likeness (QED) is 0.895. The molecule has 1 aliphatic rings. The standard InChI is InChI=1S/C14H19N3S/c1-3-15-14(10-4-5-10)13-7-6-12(18-13)11-8-16-17(2)9-11/h6-10,14-15H,3-5H2,1-2H3. The number of hydrogen-bond acceptors (Lipinski definition) is 3. The predicted molar refractivity (Wildman–Crippen MR) is 75.7 cm³/mol. The van der Waals surface area contributed by atoms with Crippen LogP contribution in [-0.2, 0) is 7.05 Å². The normalized spacial score (nSPS) is 17.0. The highest BCUT2D eigenvalue weighted by molar-refractivity contribution is 7.15. The van der Waals surface area contributed by atoms with E-state index in [1.807, 2.05) is 29.3 Å². The van der Waals surface area contributed by atoms with Crippen LogP contribution in [0.1, 0.15) is 30.7 Å². The van der Waals surface area contributed by atoms with Gasteiger partial charge in [-0.05, 0) is 37.4 Å². The summed E-state index contributed by atoms with van der Waals surface area (Å²) >= 11 is 1.90. The van der Waals surface area contributed by atoms with Gasteiger partial charge in [-0.3, -0.25) is 4.68 Å². The zero-order valence-electron chi connectivity index (χ0n) is 10.9. The first-order valence-corrected chi connectivity index (χ1v) is 7.41. The van der Waals surface area contributed by atoms with Gasteiger partial charge in [-0.1, -0.05) is 6.92 Å². The second kappa shape index (κ2) is 4.86. The Labute approximate surface area is 112 Å². The van der Waals surface area contributed by atoms with Crippen molar-refractivity contribution < 1.29 is 0 Å². The monoisotopic (exact) mass is 261 g/mol. The van der Waals surface area contributed by atoms with Crippen molar-refractivity contribution in [2.75, 3.05) is 6.54 Å². The van der Waals surface area contributed by atoms with Crippen LogP contribution in [0, 0.1) is 5.92 Å². The van der Waals surface area contributed by atoms with E-state index in [4.69, 9.17) is 0 Å². The van der Waals surface area contributed by atoms with Gasteiger partial charge >= 0.3 is 0 Å². The first-order chi connectivity index (χ1) is 8.78. The van der Waals surface area contributed by atoms with Gasteiger partial charge in [0.2, 0.25) is 0 Å². The minimum Gasteiger partial charge on any atom is -0.309 e. The van der Waals surface area contributed by atoms with Gasteiger partial charge in [0.05, 0.1) is 6.20 Å². The molecule has 96 valence electrons. The Bertz CT molecular complexity index is 525. The molecule has 0 aliphatic heterocycles. The van der Waals surface area contributed by atoms with Crippen molar-refractivity contribution in [1.82, 2.24) is 15.1 Å². The van der Waals surface area contributed by atoms with Crippen molar-refractivity contribution in [2.45, 2.75) is 25.8 Å². The maximum Gasteiger partial charge on any atom is 0.0576 e. The molecule has 0 saturated heterocycles. The van der Waals surface area contributed by atoms with Gasteiger partial charge in [0.25, 0.3) is 0 Å². The highest BCUT2D eigenvalue weighted by Gasteiger charge is 2.32. The number of rotatable bonds is 5. The first kappa shape index (κ1) is 11.9. The summed E-state index contributed by atoms with van der Waals surface area (Å²) in [5, 5.41) is 7.86. The Kier molecular flexibility index (Phi) is 3.22. The molecule has 0 amide bonds. The third-order valence-corrected chi connectivity index (χ3v) is 4.66. The molecule has 0 aromatic carbocycles. The molecule has 4 heteroatoms. The average Bonchev–Trinajstić information content (AvgIpc) is 2.91. The van der Waals surface area contributed by atoms with Crippen LogP contribution in [0.25, 0.3) is 10.4 Å². The number of nitrogens with zero attached hydrogens (tertiary/aromatic N) is 2. The third kappa shape index (κ3) is 2.35. The molecular formula is C14H19N3S. The summed E-state index contributed by atoms with van der Waals surface area (Å²) in [7, 11) is 1.96. The number of thiophene rings is 1. The van der Waals surface area contributed by atoms with E-state index in [2.05, 4.69) is 35.7 Å². The van der Waals surface area contributed by atoms with Gasteiger partial charge in [0.15, 0.2) is 0 Å². The van der Waals surface area contributed by atoms with E-state index in [0.29, 0.717) is 6.04 Å². The van der Waals surface area contributed by atoms with Crippen molar-refractivity contribution in [3.05, 3.63) is 29.4 Å². The molecule has 18 heavy (non-hydrogen) atoms. The molecule has 2 aromatic heterocycles. The van der Waals surface area contributed by atoms with Gasteiger partial charge < -0.3 is 5.32 Å². The molecule has 1 aliphatic carbocycles. The Morgan fingerprint density at radius 1 is 1.50 bits per heavy atom. The maximum absolute atomic E-state index is 4.24. The summed E-state index contributed by atoms with van der Waals surface area (Å²) < 4.78 is 1.86. The molecule has 1 saturated carbocycles. The first-order valence-electron chi connectivity index (χ1n) is 6.60. The summed E-state index contributed by atoms with van der Waals surface area (Å²) in [6.07, 6.45) is 6.76. The van der Waals surface area contributed by atoms with E-state index < -0.39 is 0 Å². The molecule has 3 nitrogen and oxygen atoms in total. The van der Waals surface area contributed by atoms with Crippen molar-refractivity contribution in [2.24, 2.45) is 13.0 Å². The highest BCUT2D eigenvalue weighted by atomic mass is 32.1. The van der Waals surface area contributed by atoms with Crippen LogP contribution in [0.4, 0.5) is 0 Å². The third-order valence-electron chi connectivity index (χ3n) is 3.44. The Morgan fingerprint density at radius 3 is 2.94 bits per heavy atom. The van der Waals surface area contributed by atoms with E-state index in [0.717, 1.165) is 12.5 Å². The highest BCUT2D eigenvalue weighted by Crippen LogP contribution is 2.44. The second-order valence-corrected chi connectivity index (χ2v) is 6.09. The van der Waals surface area contributed by atoms with Crippen LogP contribution >= 0.6 is 11.3 Å². The molecule has 0 bridgehead atoms. The molecule has 1 fully saturated rings. The fourth-order valence-corrected chi connectivity index (χ4v) is 3.52. The minimum absolute atomic E-state index is 0.561. The minimum atomic E-state index is 0.561. The second-order valence-electron chi connectivity index (χ2n) is 4.98. The number of aryl methyl sites for hydroxylation is 1. The van der Waals surface area contributed by atoms with Crippen molar-refractivity contribution in [3.8, 4) is 10.4 Å². The van der Waals surface area contributed by atoms with Crippen molar-refractivity contribution >= 4 is 11.3 Å². The zero-order chi connectivity index (χ0) is 12.5. The van der Waals surface area contributed by atoms with Crippen LogP contribution in [0.3, 0.4) is 0 Å². The average molecular weight is 261 g/mol. The molecule has 1 atom stereocenters. The zero-order valence-corrected chi connectivity index (χ0v) is 11.7. The molecule has 1 unspecified atom stereocenters. The van der Waals surface area contributed by atoms with E-state index in [9.17, 15) is 0 Å². The van der Waals surface area contributed by atoms with E-state index in [1.165, 1.54) is 28.2 Å².